The number of phenolic OH excluding ortho intramolecular Hbond substituents is 2. The van der Waals surface area contributed by atoms with Crippen LogP contribution in [-0.2, 0) is 0 Å². The molecule has 104 valence electrons. The van der Waals surface area contributed by atoms with Gasteiger partial charge in [-0.1, -0.05) is 30.7 Å². The van der Waals surface area contributed by atoms with Crippen LogP contribution in [0.2, 0.25) is 0 Å². The van der Waals surface area contributed by atoms with E-state index in [0.29, 0.717) is 5.92 Å². The van der Waals surface area contributed by atoms with Gasteiger partial charge < -0.3 is 10.2 Å². The van der Waals surface area contributed by atoms with Crippen LogP contribution < -0.4 is 0 Å². The summed E-state index contributed by atoms with van der Waals surface area (Å²) in [6.07, 6.45) is 9.63. The summed E-state index contributed by atoms with van der Waals surface area (Å²) >= 11 is 0. The highest BCUT2D eigenvalue weighted by molar-refractivity contribution is 5.54. The molecule has 0 saturated heterocycles. The van der Waals surface area contributed by atoms with Gasteiger partial charge in [0.05, 0.1) is 0 Å². The van der Waals surface area contributed by atoms with E-state index in [9.17, 15) is 10.2 Å². The van der Waals surface area contributed by atoms with Crippen molar-refractivity contribution in [3.8, 4) is 11.5 Å². The second kappa shape index (κ2) is 7.67. The molecule has 1 atom stereocenters. The van der Waals surface area contributed by atoms with Gasteiger partial charge in [0, 0.05) is 6.07 Å². The van der Waals surface area contributed by atoms with Crippen LogP contribution in [0.5, 0.6) is 11.5 Å². The maximum Gasteiger partial charge on any atom is 0.119 e. The number of hydrogen-bond acceptors (Lipinski definition) is 2. The minimum Gasteiger partial charge on any atom is -0.508 e. The van der Waals surface area contributed by atoms with Gasteiger partial charge >= 0.3 is 0 Å². The van der Waals surface area contributed by atoms with Gasteiger partial charge in [-0.25, -0.2) is 0 Å². The molecule has 0 spiro atoms. The van der Waals surface area contributed by atoms with Gasteiger partial charge in [0.1, 0.15) is 11.5 Å². The summed E-state index contributed by atoms with van der Waals surface area (Å²) in [7, 11) is 0. The molecular weight excluding hydrogens is 236 g/mol. The number of hydrogen-bond donors (Lipinski definition) is 2. The van der Waals surface area contributed by atoms with Crippen LogP contribution in [0.15, 0.2) is 35.9 Å². The second-order valence-corrected chi connectivity index (χ2v) is 5.38. The van der Waals surface area contributed by atoms with E-state index in [1.165, 1.54) is 18.1 Å². The molecule has 2 N–H and O–H groups in total. The van der Waals surface area contributed by atoms with Gasteiger partial charge in [0.25, 0.3) is 0 Å². The first-order chi connectivity index (χ1) is 8.97. The molecule has 0 aliphatic carbocycles. The molecule has 0 saturated carbocycles. The van der Waals surface area contributed by atoms with E-state index in [1.54, 1.807) is 12.1 Å². The standard InChI is InChI=1S/C17H24O2/c1-13(2)6-4-7-14(3)8-5-9-15-10-16(18)12-17(19)11-15/h5-6,9-12,14,18-19H,4,7-8H2,1-3H3/b9-5-. The Balaban J connectivity index is 2.42. The molecule has 0 aliphatic rings. The van der Waals surface area contributed by atoms with Crippen LogP contribution in [0.4, 0.5) is 0 Å². The number of aromatic hydroxyl groups is 2. The van der Waals surface area contributed by atoms with E-state index in [-0.39, 0.29) is 11.5 Å². The molecule has 0 aromatic heterocycles. The molecule has 2 heteroatoms. The smallest absolute Gasteiger partial charge is 0.119 e. The minimum atomic E-state index is 0.0938. The lowest BCUT2D eigenvalue weighted by Gasteiger charge is -2.06. The summed E-state index contributed by atoms with van der Waals surface area (Å²) in [6.45, 7) is 6.49. The Labute approximate surface area is 116 Å². The number of allylic oxidation sites excluding steroid dienone is 3. The summed E-state index contributed by atoms with van der Waals surface area (Å²) in [5.74, 6) is 0.824. The average Bonchev–Trinajstić information content (AvgIpc) is 2.27. The lowest BCUT2D eigenvalue weighted by Crippen LogP contribution is -1.91. The maximum absolute atomic E-state index is 9.37. The first-order valence-corrected chi connectivity index (χ1v) is 6.80. The second-order valence-electron chi connectivity index (χ2n) is 5.38. The van der Waals surface area contributed by atoms with Crippen LogP contribution in [0.3, 0.4) is 0 Å². The molecule has 1 aromatic carbocycles. The molecule has 1 unspecified atom stereocenters. The zero-order valence-corrected chi connectivity index (χ0v) is 12.1. The van der Waals surface area contributed by atoms with Gasteiger partial charge in [0.2, 0.25) is 0 Å². The molecule has 1 rings (SSSR count). The highest BCUT2D eigenvalue weighted by Gasteiger charge is 1.99. The predicted molar refractivity (Wildman–Crippen MR) is 81.3 cm³/mol. The first-order valence-electron chi connectivity index (χ1n) is 6.80. The molecule has 0 bridgehead atoms. The third-order valence-electron chi connectivity index (χ3n) is 2.99. The van der Waals surface area contributed by atoms with E-state index >= 15 is 0 Å². The lowest BCUT2D eigenvalue weighted by atomic mass is 10.0. The Kier molecular flexibility index (Phi) is 6.20. The molecule has 2 nitrogen and oxygen atoms in total. The van der Waals surface area contributed by atoms with E-state index in [4.69, 9.17) is 0 Å². The molecule has 19 heavy (non-hydrogen) atoms. The predicted octanol–water partition coefficient (Wildman–Crippen LogP) is 4.88. The fourth-order valence-corrected chi connectivity index (χ4v) is 1.93. The summed E-state index contributed by atoms with van der Waals surface area (Å²) in [4.78, 5) is 0. The summed E-state index contributed by atoms with van der Waals surface area (Å²) in [5.41, 5.74) is 2.20. The van der Waals surface area contributed by atoms with Gasteiger partial charge in [-0.3, -0.25) is 0 Å². The number of benzene rings is 1. The maximum atomic E-state index is 9.37. The topological polar surface area (TPSA) is 40.5 Å². The molecule has 1 aromatic rings. The van der Waals surface area contributed by atoms with Gasteiger partial charge in [0.15, 0.2) is 0 Å². The summed E-state index contributed by atoms with van der Waals surface area (Å²) in [6, 6.07) is 4.62. The number of rotatable bonds is 6. The van der Waals surface area contributed by atoms with Crippen molar-refractivity contribution in [1.29, 1.82) is 0 Å². The molecule has 0 aliphatic heterocycles. The van der Waals surface area contributed by atoms with Crippen molar-refractivity contribution >= 4 is 6.08 Å². The zero-order valence-electron chi connectivity index (χ0n) is 12.1. The summed E-state index contributed by atoms with van der Waals surface area (Å²) in [5, 5.41) is 18.7. The van der Waals surface area contributed by atoms with Crippen molar-refractivity contribution in [3.63, 3.8) is 0 Å². The molecule has 0 heterocycles. The third-order valence-corrected chi connectivity index (χ3v) is 2.99. The van der Waals surface area contributed by atoms with E-state index in [1.807, 2.05) is 6.08 Å². The van der Waals surface area contributed by atoms with Crippen molar-refractivity contribution in [2.75, 3.05) is 0 Å². The monoisotopic (exact) mass is 260 g/mol. The van der Waals surface area contributed by atoms with Crippen LogP contribution in [-0.4, -0.2) is 10.2 Å². The van der Waals surface area contributed by atoms with Crippen molar-refractivity contribution < 1.29 is 10.2 Å². The van der Waals surface area contributed by atoms with Crippen LogP contribution in [0.1, 0.15) is 45.6 Å². The third kappa shape index (κ3) is 6.70. The Hall–Kier alpha value is -1.70. The Morgan fingerprint density at radius 3 is 2.37 bits per heavy atom. The zero-order chi connectivity index (χ0) is 14.3. The number of phenols is 2. The normalized spacial score (nSPS) is 12.6. The van der Waals surface area contributed by atoms with Crippen molar-refractivity contribution in [1.82, 2.24) is 0 Å². The highest BCUT2D eigenvalue weighted by Crippen LogP contribution is 2.22. The SMILES string of the molecule is CC(C)=CCCC(C)C/C=C\c1cc(O)cc(O)c1. The van der Waals surface area contributed by atoms with Gasteiger partial charge in [-0.2, -0.15) is 0 Å². The van der Waals surface area contributed by atoms with Gasteiger partial charge in [-0.05, 0) is 56.7 Å². The Morgan fingerprint density at radius 2 is 1.79 bits per heavy atom. The highest BCUT2D eigenvalue weighted by atomic mass is 16.3. The van der Waals surface area contributed by atoms with Crippen molar-refractivity contribution in [3.05, 3.63) is 41.5 Å². The molecule has 0 radical (unpaired) electrons. The van der Waals surface area contributed by atoms with E-state index < -0.39 is 0 Å². The fourth-order valence-electron chi connectivity index (χ4n) is 1.93. The molecule has 0 amide bonds. The van der Waals surface area contributed by atoms with Gasteiger partial charge in [-0.15, -0.1) is 0 Å². The Bertz CT molecular complexity index is 434. The van der Waals surface area contributed by atoms with E-state index in [0.717, 1.165) is 18.4 Å². The fraction of sp³-hybridized carbons (Fsp3) is 0.412. The van der Waals surface area contributed by atoms with E-state index in [2.05, 4.69) is 32.9 Å². The largest absolute Gasteiger partial charge is 0.508 e. The van der Waals surface area contributed by atoms with Crippen molar-refractivity contribution in [2.24, 2.45) is 5.92 Å². The minimum absolute atomic E-state index is 0.0938. The first kappa shape index (κ1) is 15.4. The van der Waals surface area contributed by atoms with Crippen LogP contribution in [0, 0.1) is 5.92 Å². The molecule has 0 fully saturated rings. The van der Waals surface area contributed by atoms with Crippen LogP contribution >= 0.6 is 0 Å². The van der Waals surface area contributed by atoms with Crippen LogP contribution in [0.25, 0.3) is 6.08 Å². The average molecular weight is 260 g/mol. The summed E-state index contributed by atoms with van der Waals surface area (Å²) < 4.78 is 0. The quantitative estimate of drug-likeness (QED) is 0.715. The lowest BCUT2D eigenvalue weighted by molar-refractivity contribution is 0.450. The Morgan fingerprint density at radius 1 is 1.16 bits per heavy atom. The molecular formula is C17H24O2. The van der Waals surface area contributed by atoms with Crippen molar-refractivity contribution in [2.45, 2.75) is 40.0 Å².